The standard InChI is InChI=1S/C7H12O4.C4H4O4/c8-6(9)4-2-1-3-5-7(10)11;5-3(6)1-2-4(7)8/h1-5H2,(H,8,9)(H,10,11);1-2H,(H,5,6)(H,7,8)/b;2-1+. The Bertz CT molecular complexity index is 313. The molecule has 0 fully saturated rings. The molecule has 0 aliphatic heterocycles. The molecular weight excluding hydrogens is 260 g/mol. The molecular formula is C11H16O8. The van der Waals surface area contributed by atoms with Gasteiger partial charge in [0, 0.05) is 25.0 Å². The molecule has 8 heteroatoms. The van der Waals surface area contributed by atoms with Crippen molar-refractivity contribution in [2.75, 3.05) is 0 Å². The van der Waals surface area contributed by atoms with Crippen LogP contribution in [-0.2, 0) is 19.2 Å². The number of rotatable bonds is 8. The van der Waals surface area contributed by atoms with E-state index in [4.69, 9.17) is 20.4 Å². The van der Waals surface area contributed by atoms with Crippen molar-refractivity contribution in [3.63, 3.8) is 0 Å². The highest BCUT2D eigenvalue weighted by Crippen LogP contribution is 2.02. The topological polar surface area (TPSA) is 149 Å². The lowest BCUT2D eigenvalue weighted by Crippen LogP contribution is -1.96. The average Bonchev–Trinajstić information content (AvgIpc) is 2.26. The van der Waals surface area contributed by atoms with Crippen LogP contribution in [0, 0.1) is 0 Å². The van der Waals surface area contributed by atoms with Crippen LogP contribution in [0.5, 0.6) is 0 Å². The van der Waals surface area contributed by atoms with E-state index in [1.807, 2.05) is 0 Å². The van der Waals surface area contributed by atoms with Crippen molar-refractivity contribution in [2.24, 2.45) is 0 Å². The highest BCUT2D eigenvalue weighted by molar-refractivity contribution is 5.89. The zero-order valence-corrected chi connectivity index (χ0v) is 10.1. The smallest absolute Gasteiger partial charge is 0.328 e. The molecule has 8 nitrogen and oxygen atoms in total. The van der Waals surface area contributed by atoms with Crippen LogP contribution in [0.25, 0.3) is 0 Å². The van der Waals surface area contributed by atoms with Gasteiger partial charge in [0.05, 0.1) is 0 Å². The molecule has 4 N–H and O–H groups in total. The van der Waals surface area contributed by atoms with Crippen LogP contribution < -0.4 is 0 Å². The third-order valence-corrected chi connectivity index (χ3v) is 1.65. The van der Waals surface area contributed by atoms with Gasteiger partial charge in [-0.3, -0.25) is 9.59 Å². The number of hydrogen-bond donors (Lipinski definition) is 4. The quantitative estimate of drug-likeness (QED) is 0.376. The van der Waals surface area contributed by atoms with Crippen LogP contribution in [0.1, 0.15) is 32.1 Å². The molecule has 0 aliphatic rings. The van der Waals surface area contributed by atoms with Gasteiger partial charge in [-0.2, -0.15) is 0 Å². The molecule has 0 saturated heterocycles. The maximum Gasteiger partial charge on any atom is 0.328 e. The van der Waals surface area contributed by atoms with Crippen LogP contribution in [0.2, 0.25) is 0 Å². The number of hydrogen-bond acceptors (Lipinski definition) is 4. The molecule has 19 heavy (non-hydrogen) atoms. The average molecular weight is 276 g/mol. The first-order valence-electron chi connectivity index (χ1n) is 5.33. The molecule has 0 rings (SSSR count). The molecule has 0 heterocycles. The molecule has 0 amide bonds. The van der Waals surface area contributed by atoms with Gasteiger partial charge < -0.3 is 20.4 Å². The molecule has 0 saturated carbocycles. The SMILES string of the molecule is O=C(O)/C=C/C(=O)O.O=C(O)CCCCCC(=O)O. The monoisotopic (exact) mass is 276 g/mol. The van der Waals surface area contributed by atoms with Gasteiger partial charge in [0.2, 0.25) is 0 Å². The van der Waals surface area contributed by atoms with E-state index in [-0.39, 0.29) is 12.8 Å². The van der Waals surface area contributed by atoms with Crippen molar-refractivity contribution in [3.8, 4) is 0 Å². The van der Waals surface area contributed by atoms with Crippen LogP contribution >= 0.6 is 0 Å². The van der Waals surface area contributed by atoms with Crippen molar-refractivity contribution in [2.45, 2.75) is 32.1 Å². The Labute approximate surface area is 109 Å². The summed E-state index contributed by atoms with van der Waals surface area (Å²) in [6.07, 6.45) is 3.22. The van der Waals surface area contributed by atoms with Gasteiger partial charge in [-0.25, -0.2) is 9.59 Å². The minimum absolute atomic E-state index is 0.139. The van der Waals surface area contributed by atoms with Crippen LogP contribution in [0.3, 0.4) is 0 Å². The Hall–Kier alpha value is -2.38. The molecule has 0 radical (unpaired) electrons. The maximum atomic E-state index is 9.98. The van der Waals surface area contributed by atoms with Crippen LogP contribution in [0.15, 0.2) is 12.2 Å². The Balaban J connectivity index is 0. The van der Waals surface area contributed by atoms with Gasteiger partial charge in [0.15, 0.2) is 0 Å². The zero-order valence-electron chi connectivity index (χ0n) is 10.1. The number of aliphatic carboxylic acids is 4. The summed E-state index contributed by atoms with van der Waals surface area (Å²) in [4.78, 5) is 39.1. The second-order valence-electron chi connectivity index (χ2n) is 3.36. The zero-order chi connectivity index (χ0) is 15.3. The lowest BCUT2D eigenvalue weighted by atomic mass is 10.1. The first-order valence-corrected chi connectivity index (χ1v) is 5.33. The number of carboxylic acids is 4. The molecule has 108 valence electrons. The largest absolute Gasteiger partial charge is 0.481 e. The lowest BCUT2D eigenvalue weighted by molar-refractivity contribution is -0.137. The Kier molecular flexibility index (Phi) is 12.1. The van der Waals surface area contributed by atoms with Crippen molar-refractivity contribution >= 4 is 23.9 Å². The van der Waals surface area contributed by atoms with Gasteiger partial charge >= 0.3 is 23.9 Å². The Morgan fingerprint density at radius 2 is 0.947 bits per heavy atom. The van der Waals surface area contributed by atoms with Crippen LogP contribution in [-0.4, -0.2) is 44.3 Å². The first kappa shape index (κ1) is 19.0. The summed E-state index contributed by atoms with van der Waals surface area (Å²) in [6, 6.07) is 0. The Morgan fingerprint density at radius 1 is 0.632 bits per heavy atom. The highest BCUT2D eigenvalue weighted by Gasteiger charge is 1.98. The summed E-state index contributed by atoms with van der Waals surface area (Å²) in [5.41, 5.74) is 0. The van der Waals surface area contributed by atoms with E-state index in [9.17, 15) is 19.2 Å². The highest BCUT2D eigenvalue weighted by atomic mass is 16.4. The summed E-state index contributed by atoms with van der Waals surface area (Å²) in [7, 11) is 0. The summed E-state index contributed by atoms with van der Waals surface area (Å²) in [5.74, 6) is -4.15. The fourth-order valence-electron chi connectivity index (χ4n) is 0.872. The number of carboxylic acid groups (broad SMARTS) is 4. The van der Waals surface area contributed by atoms with Crippen LogP contribution in [0.4, 0.5) is 0 Å². The molecule has 0 atom stereocenters. The fourth-order valence-corrected chi connectivity index (χ4v) is 0.872. The van der Waals surface area contributed by atoms with E-state index >= 15 is 0 Å². The molecule has 0 unspecified atom stereocenters. The van der Waals surface area contributed by atoms with Gasteiger partial charge in [0.1, 0.15) is 0 Å². The second kappa shape index (κ2) is 12.1. The van der Waals surface area contributed by atoms with Crippen molar-refractivity contribution in [3.05, 3.63) is 12.2 Å². The van der Waals surface area contributed by atoms with E-state index in [2.05, 4.69) is 0 Å². The number of unbranched alkanes of at least 4 members (excludes halogenated alkanes) is 2. The second-order valence-corrected chi connectivity index (χ2v) is 3.36. The minimum Gasteiger partial charge on any atom is -0.481 e. The predicted octanol–water partition coefficient (Wildman–Crippen LogP) is 0.818. The molecule has 0 aromatic carbocycles. The fraction of sp³-hybridized carbons (Fsp3) is 0.455. The summed E-state index contributed by atoms with van der Waals surface area (Å²) in [6.45, 7) is 0. The van der Waals surface area contributed by atoms with Crippen molar-refractivity contribution in [1.82, 2.24) is 0 Å². The van der Waals surface area contributed by atoms with Crippen molar-refractivity contribution in [1.29, 1.82) is 0 Å². The van der Waals surface area contributed by atoms with E-state index in [1.54, 1.807) is 0 Å². The molecule has 0 bridgehead atoms. The van der Waals surface area contributed by atoms with Crippen molar-refractivity contribution < 1.29 is 39.6 Å². The van der Waals surface area contributed by atoms with E-state index in [0.717, 1.165) is 0 Å². The molecule has 0 aliphatic carbocycles. The number of carbonyl (C=O) groups is 4. The van der Waals surface area contributed by atoms with Gasteiger partial charge in [-0.15, -0.1) is 0 Å². The predicted molar refractivity (Wildman–Crippen MR) is 62.8 cm³/mol. The third kappa shape index (κ3) is 25.7. The molecule has 0 spiro atoms. The molecule has 0 aromatic heterocycles. The third-order valence-electron chi connectivity index (χ3n) is 1.65. The Morgan fingerprint density at radius 3 is 1.16 bits per heavy atom. The first-order chi connectivity index (χ1) is 8.75. The summed E-state index contributed by atoms with van der Waals surface area (Å²) in [5, 5.41) is 32.0. The van der Waals surface area contributed by atoms with Gasteiger partial charge in [-0.05, 0) is 12.8 Å². The van der Waals surface area contributed by atoms with E-state index < -0.39 is 23.9 Å². The van der Waals surface area contributed by atoms with E-state index in [1.165, 1.54) is 0 Å². The normalized spacial score (nSPS) is 9.47. The lowest BCUT2D eigenvalue weighted by Gasteiger charge is -1.94. The maximum absolute atomic E-state index is 9.98. The summed E-state index contributed by atoms with van der Waals surface area (Å²) >= 11 is 0. The molecule has 0 aromatic rings. The van der Waals surface area contributed by atoms with Gasteiger partial charge in [-0.1, -0.05) is 6.42 Å². The summed E-state index contributed by atoms with van der Waals surface area (Å²) < 4.78 is 0. The minimum atomic E-state index is -1.26. The van der Waals surface area contributed by atoms with Gasteiger partial charge in [0.25, 0.3) is 0 Å². The van der Waals surface area contributed by atoms with E-state index in [0.29, 0.717) is 31.4 Å².